The van der Waals surface area contributed by atoms with Gasteiger partial charge in [-0.3, -0.25) is 0 Å². The number of nitrogens with zero attached hydrogens (tertiary/aromatic N) is 3. The average molecular weight is 355 g/mol. The quantitative estimate of drug-likeness (QED) is 0.411. The van der Waals surface area contributed by atoms with Crippen LogP contribution in [0.5, 0.6) is 5.75 Å². The van der Waals surface area contributed by atoms with E-state index in [9.17, 15) is 0 Å². The molecule has 0 spiro atoms. The van der Waals surface area contributed by atoms with Crippen LogP contribution in [0.4, 0.5) is 5.82 Å². The molecule has 0 atom stereocenters. The number of pyridine rings is 1. The van der Waals surface area contributed by atoms with Crippen molar-refractivity contribution in [3.63, 3.8) is 0 Å². The molecule has 1 aromatic carbocycles. The van der Waals surface area contributed by atoms with Gasteiger partial charge in [0.1, 0.15) is 11.6 Å². The minimum absolute atomic E-state index is 0.581. The second kappa shape index (κ2) is 11.0. The van der Waals surface area contributed by atoms with Crippen molar-refractivity contribution in [1.82, 2.24) is 15.6 Å². The molecule has 0 aliphatic heterocycles. The molecule has 0 aliphatic rings. The van der Waals surface area contributed by atoms with Crippen LogP contribution in [-0.2, 0) is 6.54 Å². The highest BCUT2D eigenvalue weighted by atomic mass is 16.5. The fourth-order valence-electron chi connectivity index (χ4n) is 2.45. The summed E-state index contributed by atoms with van der Waals surface area (Å²) in [7, 11) is 3.98. The summed E-state index contributed by atoms with van der Waals surface area (Å²) >= 11 is 0. The summed E-state index contributed by atoms with van der Waals surface area (Å²) in [6, 6.07) is 13.9. The fourth-order valence-corrected chi connectivity index (χ4v) is 2.45. The molecule has 1 aromatic heterocycles. The molecule has 0 unspecified atom stereocenters. The molecule has 2 N–H and O–H groups in total. The first-order chi connectivity index (χ1) is 12.7. The van der Waals surface area contributed by atoms with Crippen molar-refractivity contribution in [3.05, 3.63) is 54.2 Å². The van der Waals surface area contributed by atoms with Gasteiger partial charge in [0.15, 0.2) is 5.96 Å². The van der Waals surface area contributed by atoms with Crippen molar-refractivity contribution in [2.24, 2.45) is 4.99 Å². The van der Waals surface area contributed by atoms with Gasteiger partial charge < -0.3 is 20.3 Å². The van der Waals surface area contributed by atoms with Crippen molar-refractivity contribution in [2.75, 3.05) is 38.7 Å². The van der Waals surface area contributed by atoms with E-state index in [1.54, 1.807) is 6.20 Å². The second-order valence-electron chi connectivity index (χ2n) is 6.02. The van der Waals surface area contributed by atoms with Crippen molar-refractivity contribution in [3.8, 4) is 5.75 Å². The molecule has 2 aromatic rings. The summed E-state index contributed by atoms with van der Waals surface area (Å²) in [6.07, 6.45) is 2.70. The number of ether oxygens (including phenoxy) is 1. The zero-order valence-electron chi connectivity index (χ0n) is 15.9. The van der Waals surface area contributed by atoms with Crippen molar-refractivity contribution in [1.29, 1.82) is 0 Å². The molecule has 0 radical (unpaired) electrons. The smallest absolute Gasteiger partial charge is 0.191 e. The first-order valence-corrected chi connectivity index (χ1v) is 9.02. The molecule has 26 heavy (non-hydrogen) atoms. The molecule has 6 nitrogen and oxygen atoms in total. The lowest BCUT2D eigenvalue weighted by atomic mass is 10.2. The molecule has 0 amide bonds. The summed E-state index contributed by atoms with van der Waals surface area (Å²) < 4.78 is 5.71. The Morgan fingerprint density at radius 2 is 1.92 bits per heavy atom. The number of aromatic nitrogens is 1. The first kappa shape index (κ1) is 19.6. The largest absolute Gasteiger partial charge is 0.494 e. The third-order valence-electron chi connectivity index (χ3n) is 3.67. The summed E-state index contributed by atoms with van der Waals surface area (Å²) in [5.41, 5.74) is 1.10. The van der Waals surface area contributed by atoms with Gasteiger partial charge in [0.05, 0.1) is 13.2 Å². The minimum atomic E-state index is 0.581. The maximum atomic E-state index is 5.71. The van der Waals surface area contributed by atoms with Crippen LogP contribution < -0.4 is 20.3 Å². The van der Waals surface area contributed by atoms with E-state index < -0.39 is 0 Å². The van der Waals surface area contributed by atoms with Crippen molar-refractivity contribution >= 4 is 11.8 Å². The number of benzene rings is 1. The Morgan fingerprint density at radius 3 is 2.65 bits per heavy atom. The van der Waals surface area contributed by atoms with Crippen LogP contribution in [-0.4, -0.2) is 44.7 Å². The predicted octanol–water partition coefficient (Wildman–Crippen LogP) is 2.67. The van der Waals surface area contributed by atoms with Crippen LogP contribution in [0, 0.1) is 0 Å². The topological polar surface area (TPSA) is 61.8 Å². The van der Waals surface area contributed by atoms with E-state index in [-0.39, 0.29) is 0 Å². The normalized spacial score (nSPS) is 11.1. The second-order valence-corrected chi connectivity index (χ2v) is 6.02. The molecule has 0 bridgehead atoms. The Kier molecular flexibility index (Phi) is 8.26. The van der Waals surface area contributed by atoms with Crippen LogP contribution in [0.1, 0.15) is 18.9 Å². The monoisotopic (exact) mass is 355 g/mol. The number of para-hydroxylation sites is 1. The SMILES string of the molecule is CCNC(=NCc1cccnc1N(C)C)NCCCOc1ccccc1. The molecule has 0 saturated heterocycles. The molecular formula is C20H29N5O. The van der Waals surface area contributed by atoms with Gasteiger partial charge in [-0.2, -0.15) is 0 Å². The molecule has 2 rings (SSSR count). The maximum absolute atomic E-state index is 5.71. The highest BCUT2D eigenvalue weighted by molar-refractivity contribution is 5.79. The zero-order chi connectivity index (χ0) is 18.6. The van der Waals surface area contributed by atoms with Crippen LogP contribution in [0.2, 0.25) is 0 Å². The lowest BCUT2D eigenvalue weighted by molar-refractivity contribution is 0.311. The van der Waals surface area contributed by atoms with Crippen LogP contribution in [0.15, 0.2) is 53.7 Å². The summed E-state index contributed by atoms with van der Waals surface area (Å²) in [6.45, 7) is 4.93. The lowest BCUT2D eigenvalue weighted by Crippen LogP contribution is -2.38. The van der Waals surface area contributed by atoms with E-state index in [1.165, 1.54) is 0 Å². The number of rotatable bonds is 9. The average Bonchev–Trinajstić information content (AvgIpc) is 2.66. The van der Waals surface area contributed by atoms with E-state index >= 15 is 0 Å². The Balaban J connectivity index is 1.81. The van der Waals surface area contributed by atoms with Crippen LogP contribution in [0.3, 0.4) is 0 Å². The van der Waals surface area contributed by atoms with Crippen molar-refractivity contribution < 1.29 is 4.74 Å². The van der Waals surface area contributed by atoms with E-state index in [0.717, 1.165) is 42.6 Å². The van der Waals surface area contributed by atoms with E-state index in [1.807, 2.05) is 55.4 Å². The zero-order valence-corrected chi connectivity index (χ0v) is 15.9. The lowest BCUT2D eigenvalue weighted by Gasteiger charge is -2.15. The molecule has 0 fully saturated rings. The van der Waals surface area contributed by atoms with Gasteiger partial charge in [-0.15, -0.1) is 0 Å². The Morgan fingerprint density at radius 1 is 1.12 bits per heavy atom. The third-order valence-corrected chi connectivity index (χ3v) is 3.67. The van der Waals surface area contributed by atoms with E-state index in [4.69, 9.17) is 4.74 Å². The molecule has 1 heterocycles. The molecular weight excluding hydrogens is 326 g/mol. The number of aliphatic imine (C=N–C) groups is 1. The van der Waals surface area contributed by atoms with Gasteiger partial charge in [-0.05, 0) is 31.5 Å². The van der Waals surface area contributed by atoms with Gasteiger partial charge in [0.25, 0.3) is 0 Å². The highest BCUT2D eigenvalue weighted by Gasteiger charge is 2.05. The Bertz CT molecular complexity index is 673. The first-order valence-electron chi connectivity index (χ1n) is 9.02. The molecule has 0 saturated carbocycles. The highest BCUT2D eigenvalue weighted by Crippen LogP contribution is 2.15. The standard InChI is InChI=1S/C20H29N5O/c1-4-21-20(23-14-9-15-26-18-11-6-5-7-12-18)24-16-17-10-8-13-22-19(17)25(2)3/h5-8,10-13H,4,9,14-16H2,1-3H3,(H2,21,23,24). The predicted molar refractivity (Wildman–Crippen MR) is 108 cm³/mol. The fraction of sp³-hybridized carbons (Fsp3) is 0.400. The van der Waals surface area contributed by atoms with Gasteiger partial charge in [-0.1, -0.05) is 24.3 Å². The minimum Gasteiger partial charge on any atom is -0.494 e. The number of hydrogen-bond acceptors (Lipinski definition) is 4. The Hall–Kier alpha value is -2.76. The maximum Gasteiger partial charge on any atom is 0.191 e. The van der Waals surface area contributed by atoms with Gasteiger partial charge in [0.2, 0.25) is 0 Å². The number of hydrogen-bond donors (Lipinski definition) is 2. The van der Waals surface area contributed by atoms with Crippen LogP contribution in [0.25, 0.3) is 0 Å². The molecule has 6 heteroatoms. The van der Waals surface area contributed by atoms with E-state index in [0.29, 0.717) is 13.2 Å². The molecule has 0 aliphatic carbocycles. The molecule has 140 valence electrons. The number of nitrogens with one attached hydrogen (secondary N) is 2. The number of anilines is 1. The summed E-state index contributed by atoms with van der Waals surface area (Å²) in [4.78, 5) is 11.1. The van der Waals surface area contributed by atoms with Crippen molar-refractivity contribution in [2.45, 2.75) is 19.9 Å². The Labute approximate surface area is 156 Å². The summed E-state index contributed by atoms with van der Waals surface area (Å²) in [5.74, 6) is 2.66. The number of guanidine groups is 1. The van der Waals surface area contributed by atoms with Crippen LogP contribution >= 0.6 is 0 Å². The summed E-state index contributed by atoms with van der Waals surface area (Å²) in [5, 5.41) is 6.62. The third kappa shape index (κ3) is 6.63. The van der Waals surface area contributed by atoms with Gasteiger partial charge in [-0.25, -0.2) is 9.98 Å². The van der Waals surface area contributed by atoms with Gasteiger partial charge >= 0.3 is 0 Å². The van der Waals surface area contributed by atoms with E-state index in [2.05, 4.69) is 33.6 Å². The van der Waals surface area contributed by atoms with Gasteiger partial charge in [0, 0.05) is 38.9 Å².